The molecule has 0 bridgehead atoms. The zero-order valence-corrected chi connectivity index (χ0v) is 21.3. The standard InChI is InChI=1S/C35H21BN3/c1-20-22-19-18-21-10-2-3-11-23(21)33(22)38-35(37-20)39-29-17-9-7-15-27(29)30-24-12-4-5-13-25(24)32-31(34(30)39)26-14-6-8-16-28(26)36-32/h2-19H,1H3. The van der Waals surface area contributed by atoms with Gasteiger partial charge in [-0.2, -0.15) is 0 Å². The summed E-state index contributed by atoms with van der Waals surface area (Å²) in [6.07, 6.45) is 0. The summed E-state index contributed by atoms with van der Waals surface area (Å²) in [5.74, 6) is 0.712. The Morgan fingerprint density at radius 2 is 1.33 bits per heavy atom. The van der Waals surface area contributed by atoms with E-state index in [-0.39, 0.29) is 0 Å². The van der Waals surface area contributed by atoms with E-state index in [0.29, 0.717) is 5.95 Å². The quantitative estimate of drug-likeness (QED) is 0.182. The lowest BCUT2D eigenvalue weighted by molar-refractivity contribution is 0.991. The van der Waals surface area contributed by atoms with Crippen LogP contribution in [0, 0.1) is 6.92 Å². The average Bonchev–Trinajstić information content (AvgIpc) is 3.54. The van der Waals surface area contributed by atoms with Gasteiger partial charge in [-0.1, -0.05) is 114 Å². The van der Waals surface area contributed by atoms with Gasteiger partial charge in [-0.15, -0.1) is 0 Å². The Bertz CT molecular complexity index is 2330. The minimum absolute atomic E-state index is 0.712. The lowest BCUT2D eigenvalue weighted by Gasteiger charge is -2.15. The summed E-state index contributed by atoms with van der Waals surface area (Å²) in [7, 11) is 2.34. The minimum atomic E-state index is 0.712. The molecule has 0 spiro atoms. The Morgan fingerprint density at radius 1 is 0.615 bits per heavy atom. The SMILES string of the molecule is Cc1nc(-n2c3ccccc3c3c4ccccc4c4c(c32)-c2ccccc2[B]4)nc2c1ccc1ccccc12. The first kappa shape index (κ1) is 21.0. The van der Waals surface area contributed by atoms with E-state index in [0.717, 1.165) is 27.5 Å². The first-order valence-corrected chi connectivity index (χ1v) is 13.4. The normalized spacial score (nSPS) is 12.4. The number of aryl methyl sites for hydroxylation is 1. The van der Waals surface area contributed by atoms with Gasteiger partial charge in [-0.05, 0) is 34.7 Å². The smallest absolute Gasteiger partial charge is 0.235 e. The van der Waals surface area contributed by atoms with Crippen molar-refractivity contribution in [2.24, 2.45) is 0 Å². The Balaban J connectivity index is 1.53. The lowest BCUT2D eigenvalue weighted by atomic mass is 9.66. The van der Waals surface area contributed by atoms with E-state index in [9.17, 15) is 0 Å². The number of rotatable bonds is 1. The molecule has 0 unspecified atom stereocenters. The van der Waals surface area contributed by atoms with E-state index in [4.69, 9.17) is 9.97 Å². The minimum Gasteiger partial charge on any atom is -0.277 e. The molecule has 0 amide bonds. The molecule has 2 aromatic heterocycles. The van der Waals surface area contributed by atoms with Crippen molar-refractivity contribution in [2.45, 2.75) is 6.92 Å². The van der Waals surface area contributed by atoms with Gasteiger partial charge >= 0.3 is 0 Å². The third-order valence-corrected chi connectivity index (χ3v) is 8.37. The molecule has 8 aromatic rings. The second-order valence-electron chi connectivity index (χ2n) is 10.4. The summed E-state index contributed by atoms with van der Waals surface area (Å²) in [4.78, 5) is 10.5. The van der Waals surface area contributed by atoms with E-state index in [1.807, 2.05) is 0 Å². The van der Waals surface area contributed by atoms with Gasteiger partial charge in [0.25, 0.3) is 0 Å². The second-order valence-corrected chi connectivity index (χ2v) is 10.4. The predicted molar refractivity (Wildman–Crippen MR) is 164 cm³/mol. The van der Waals surface area contributed by atoms with Crippen molar-refractivity contribution >= 4 is 72.5 Å². The van der Waals surface area contributed by atoms with Crippen molar-refractivity contribution in [1.82, 2.24) is 14.5 Å². The maximum Gasteiger partial charge on any atom is 0.235 e. The molecular weight excluding hydrogens is 473 g/mol. The number of fused-ring (bicyclic) bond motifs is 13. The van der Waals surface area contributed by atoms with Gasteiger partial charge < -0.3 is 0 Å². The van der Waals surface area contributed by atoms with Crippen LogP contribution in [0.5, 0.6) is 0 Å². The Hall–Kier alpha value is -4.96. The van der Waals surface area contributed by atoms with Crippen LogP contribution in [0.15, 0.2) is 109 Å². The van der Waals surface area contributed by atoms with Crippen molar-refractivity contribution in [3.63, 3.8) is 0 Å². The average molecular weight is 494 g/mol. The molecule has 179 valence electrons. The molecule has 1 aliphatic rings. The summed E-state index contributed by atoms with van der Waals surface area (Å²) in [5.41, 5.74) is 9.31. The first-order chi connectivity index (χ1) is 19.3. The predicted octanol–water partition coefficient (Wildman–Crippen LogP) is 6.98. The molecule has 3 nitrogen and oxygen atoms in total. The molecule has 9 rings (SSSR count). The van der Waals surface area contributed by atoms with Crippen LogP contribution in [-0.2, 0) is 0 Å². The topological polar surface area (TPSA) is 30.7 Å². The fourth-order valence-electron chi connectivity index (χ4n) is 6.69. The number of hydrogen-bond donors (Lipinski definition) is 0. The van der Waals surface area contributed by atoms with Gasteiger partial charge in [0.1, 0.15) is 0 Å². The summed E-state index contributed by atoms with van der Waals surface area (Å²) < 4.78 is 2.31. The first-order valence-electron chi connectivity index (χ1n) is 13.4. The van der Waals surface area contributed by atoms with Gasteiger partial charge in [-0.25, -0.2) is 9.97 Å². The maximum absolute atomic E-state index is 5.31. The number of hydrogen-bond acceptors (Lipinski definition) is 2. The molecule has 3 heterocycles. The van der Waals surface area contributed by atoms with Crippen LogP contribution in [-0.4, -0.2) is 21.8 Å². The molecule has 1 aliphatic heterocycles. The zero-order valence-electron chi connectivity index (χ0n) is 21.3. The van der Waals surface area contributed by atoms with E-state index >= 15 is 0 Å². The third kappa shape index (κ3) is 2.73. The molecule has 0 atom stereocenters. The highest BCUT2D eigenvalue weighted by Gasteiger charge is 2.29. The third-order valence-electron chi connectivity index (χ3n) is 8.37. The molecule has 6 aromatic carbocycles. The number of benzene rings is 6. The summed E-state index contributed by atoms with van der Waals surface area (Å²) in [5, 5.41) is 8.43. The Morgan fingerprint density at radius 3 is 2.23 bits per heavy atom. The van der Waals surface area contributed by atoms with Gasteiger partial charge in [0, 0.05) is 27.1 Å². The van der Waals surface area contributed by atoms with Crippen LogP contribution < -0.4 is 10.9 Å². The molecule has 0 saturated heterocycles. The van der Waals surface area contributed by atoms with E-state index in [1.54, 1.807) is 0 Å². The van der Waals surface area contributed by atoms with Crippen LogP contribution in [0.4, 0.5) is 0 Å². The zero-order chi connectivity index (χ0) is 25.7. The molecule has 4 heteroatoms. The monoisotopic (exact) mass is 494 g/mol. The molecule has 1 radical (unpaired) electrons. The van der Waals surface area contributed by atoms with E-state index in [2.05, 4.69) is 128 Å². The Kier molecular flexibility index (Phi) is 4.07. The molecule has 0 N–H and O–H groups in total. The Labute approximate surface area is 225 Å². The molecule has 0 aliphatic carbocycles. The van der Waals surface area contributed by atoms with Crippen LogP contribution in [0.1, 0.15) is 5.69 Å². The van der Waals surface area contributed by atoms with Gasteiger partial charge in [0.2, 0.25) is 5.95 Å². The van der Waals surface area contributed by atoms with Gasteiger partial charge in [0.15, 0.2) is 7.28 Å². The summed E-state index contributed by atoms with van der Waals surface area (Å²) >= 11 is 0. The van der Waals surface area contributed by atoms with Crippen LogP contribution in [0.3, 0.4) is 0 Å². The fourth-order valence-corrected chi connectivity index (χ4v) is 6.69. The van der Waals surface area contributed by atoms with Gasteiger partial charge in [0.05, 0.1) is 22.2 Å². The summed E-state index contributed by atoms with van der Waals surface area (Å²) in [6, 6.07) is 39.0. The number of para-hydroxylation sites is 1. The van der Waals surface area contributed by atoms with Crippen molar-refractivity contribution in [1.29, 1.82) is 0 Å². The van der Waals surface area contributed by atoms with E-state index in [1.165, 1.54) is 54.5 Å². The molecular formula is C35H21BN3. The highest BCUT2D eigenvalue weighted by Crippen LogP contribution is 2.42. The van der Waals surface area contributed by atoms with Gasteiger partial charge in [-0.3, -0.25) is 4.57 Å². The highest BCUT2D eigenvalue weighted by molar-refractivity contribution is 6.77. The molecule has 0 fully saturated rings. The van der Waals surface area contributed by atoms with E-state index < -0.39 is 0 Å². The highest BCUT2D eigenvalue weighted by atomic mass is 15.2. The largest absolute Gasteiger partial charge is 0.277 e. The molecule has 0 saturated carbocycles. The van der Waals surface area contributed by atoms with Crippen molar-refractivity contribution < 1.29 is 0 Å². The molecule has 39 heavy (non-hydrogen) atoms. The number of nitrogens with zero attached hydrogens (tertiary/aromatic N) is 3. The maximum atomic E-state index is 5.31. The lowest BCUT2D eigenvalue weighted by Crippen LogP contribution is -2.21. The van der Waals surface area contributed by atoms with Crippen molar-refractivity contribution in [3.05, 3.63) is 115 Å². The summed E-state index contributed by atoms with van der Waals surface area (Å²) in [6.45, 7) is 2.10. The number of aromatic nitrogens is 3. The van der Waals surface area contributed by atoms with Crippen LogP contribution in [0.2, 0.25) is 0 Å². The van der Waals surface area contributed by atoms with Crippen LogP contribution >= 0.6 is 0 Å². The van der Waals surface area contributed by atoms with Crippen molar-refractivity contribution in [2.75, 3.05) is 0 Å². The fraction of sp³-hybridized carbons (Fsp3) is 0.0286. The van der Waals surface area contributed by atoms with Crippen LogP contribution in [0.25, 0.3) is 71.3 Å². The van der Waals surface area contributed by atoms with Crippen molar-refractivity contribution in [3.8, 4) is 17.1 Å². The second kappa shape index (κ2) is 7.55.